The number of alkyl halides is 1. The van der Waals surface area contributed by atoms with Gasteiger partial charge in [-0.05, 0) is 25.3 Å². The van der Waals surface area contributed by atoms with Crippen molar-refractivity contribution >= 4 is 5.82 Å². The zero-order valence-corrected chi connectivity index (χ0v) is 7.28. The lowest BCUT2D eigenvalue weighted by atomic mass is 10.1. The summed E-state index contributed by atoms with van der Waals surface area (Å²) in [4.78, 5) is 9.25. The van der Waals surface area contributed by atoms with E-state index in [2.05, 4.69) is 16.3 Å². The Labute approximate surface area is 76.6 Å². The molecule has 1 radical (unpaired) electrons. The number of anilines is 1. The lowest BCUT2D eigenvalue weighted by molar-refractivity contribution is 0.264. The van der Waals surface area contributed by atoms with Gasteiger partial charge in [-0.25, -0.2) is 14.4 Å². The van der Waals surface area contributed by atoms with Gasteiger partial charge in [0, 0.05) is 12.7 Å². The third-order valence-corrected chi connectivity index (χ3v) is 2.24. The first kappa shape index (κ1) is 8.41. The molecule has 1 fully saturated rings. The maximum Gasteiger partial charge on any atom is 0.199 e. The molecule has 13 heavy (non-hydrogen) atoms. The highest BCUT2D eigenvalue weighted by Crippen LogP contribution is 2.22. The maximum atomic E-state index is 13.4. The van der Waals surface area contributed by atoms with Gasteiger partial charge in [-0.1, -0.05) is 0 Å². The Hall–Kier alpha value is -1.19. The molecule has 69 valence electrons. The molecule has 1 saturated heterocycles. The molecule has 0 spiro atoms. The van der Waals surface area contributed by atoms with E-state index < -0.39 is 6.30 Å². The summed E-state index contributed by atoms with van der Waals surface area (Å²) in [6.07, 6.45) is 5.76. The molecule has 0 N–H and O–H groups in total. The molecule has 1 atom stereocenters. The molecule has 1 aliphatic heterocycles. The van der Waals surface area contributed by atoms with Gasteiger partial charge in [0.1, 0.15) is 5.82 Å². The standard InChI is InChI=1S/C9H11FN3/c10-8-3-1-2-6-13(8)9-4-5-11-7-12-9/h4-5,8H,1-3,6H2. The average molecular weight is 180 g/mol. The molecule has 0 aromatic carbocycles. The van der Waals surface area contributed by atoms with Crippen LogP contribution in [0.3, 0.4) is 0 Å². The molecule has 1 aromatic rings. The highest BCUT2D eigenvalue weighted by molar-refractivity contribution is 5.37. The third-order valence-electron chi connectivity index (χ3n) is 2.24. The van der Waals surface area contributed by atoms with Gasteiger partial charge in [0.25, 0.3) is 0 Å². The molecule has 1 aromatic heterocycles. The van der Waals surface area contributed by atoms with Crippen LogP contribution in [0, 0.1) is 6.33 Å². The van der Waals surface area contributed by atoms with Crippen molar-refractivity contribution in [1.82, 2.24) is 9.97 Å². The third kappa shape index (κ3) is 1.76. The maximum absolute atomic E-state index is 13.4. The fourth-order valence-corrected chi connectivity index (χ4v) is 1.56. The van der Waals surface area contributed by atoms with Crippen molar-refractivity contribution in [3.8, 4) is 0 Å². The van der Waals surface area contributed by atoms with Gasteiger partial charge in [-0.3, -0.25) is 0 Å². The monoisotopic (exact) mass is 180 g/mol. The van der Waals surface area contributed by atoms with Crippen molar-refractivity contribution in [3.05, 3.63) is 18.6 Å². The molecule has 0 aliphatic carbocycles. The lowest BCUT2D eigenvalue weighted by Crippen LogP contribution is -2.37. The fraction of sp³-hybridized carbons (Fsp3) is 0.556. The molecule has 3 nitrogen and oxygen atoms in total. The molecule has 0 saturated carbocycles. The summed E-state index contributed by atoms with van der Waals surface area (Å²) in [5.74, 6) is 0.641. The van der Waals surface area contributed by atoms with Crippen LogP contribution < -0.4 is 4.90 Å². The zero-order chi connectivity index (χ0) is 9.10. The average Bonchev–Trinajstić information content (AvgIpc) is 2.20. The minimum atomic E-state index is -0.892. The first-order valence-corrected chi connectivity index (χ1v) is 4.48. The van der Waals surface area contributed by atoms with Crippen molar-refractivity contribution in [3.63, 3.8) is 0 Å². The van der Waals surface area contributed by atoms with Gasteiger partial charge < -0.3 is 4.90 Å². The van der Waals surface area contributed by atoms with E-state index in [0.717, 1.165) is 19.4 Å². The Kier molecular flexibility index (Phi) is 2.38. The van der Waals surface area contributed by atoms with E-state index in [1.54, 1.807) is 17.2 Å². The highest BCUT2D eigenvalue weighted by Gasteiger charge is 2.22. The summed E-state index contributed by atoms with van der Waals surface area (Å²) in [5.41, 5.74) is 0. The van der Waals surface area contributed by atoms with Crippen LogP contribution in [-0.4, -0.2) is 22.8 Å². The topological polar surface area (TPSA) is 29.0 Å². The molecule has 4 heteroatoms. The van der Waals surface area contributed by atoms with Crippen molar-refractivity contribution in [1.29, 1.82) is 0 Å². The summed E-state index contributed by atoms with van der Waals surface area (Å²) >= 11 is 0. The zero-order valence-electron chi connectivity index (χ0n) is 7.28. The Morgan fingerprint density at radius 1 is 1.54 bits per heavy atom. The normalized spacial score (nSPS) is 23.2. The Morgan fingerprint density at radius 2 is 2.46 bits per heavy atom. The van der Waals surface area contributed by atoms with Gasteiger partial charge in [-0.2, -0.15) is 0 Å². The van der Waals surface area contributed by atoms with Crippen LogP contribution in [0.1, 0.15) is 19.3 Å². The fourth-order valence-electron chi connectivity index (χ4n) is 1.56. The van der Waals surface area contributed by atoms with E-state index in [0.29, 0.717) is 12.2 Å². The van der Waals surface area contributed by atoms with E-state index in [1.165, 1.54) is 0 Å². The van der Waals surface area contributed by atoms with Gasteiger partial charge >= 0.3 is 0 Å². The number of hydrogen-bond acceptors (Lipinski definition) is 3. The van der Waals surface area contributed by atoms with Gasteiger partial charge in [-0.15, -0.1) is 0 Å². The predicted octanol–water partition coefficient (Wildman–Crippen LogP) is 1.56. The van der Waals surface area contributed by atoms with Crippen molar-refractivity contribution in [2.75, 3.05) is 11.4 Å². The molecular formula is C9H11FN3. The van der Waals surface area contributed by atoms with Crippen LogP contribution in [0.2, 0.25) is 0 Å². The summed E-state index contributed by atoms with van der Waals surface area (Å²) < 4.78 is 13.4. The Balaban J connectivity index is 2.15. The van der Waals surface area contributed by atoms with Crippen LogP contribution in [0.5, 0.6) is 0 Å². The largest absolute Gasteiger partial charge is 0.327 e. The van der Waals surface area contributed by atoms with Crippen LogP contribution >= 0.6 is 0 Å². The summed E-state index contributed by atoms with van der Waals surface area (Å²) in [7, 11) is 0. The molecule has 2 heterocycles. The Morgan fingerprint density at radius 3 is 3.15 bits per heavy atom. The minimum absolute atomic E-state index is 0.601. The first-order chi connectivity index (χ1) is 6.38. The smallest absolute Gasteiger partial charge is 0.199 e. The van der Waals surface area contributed by atoms with E-state index in [9.17, 15) is 4.39 Å². The molecule has 1 aliphatic rings. The second kappa shape index (κ2) is 3.68. The molecular weight excluding hydrogens is 169 g/mol. The van der Waals surface area contributed by atoms with Crippen LogP contribution in [0.25, 0.3) is 0 Å². The molecule has 0 amide bonds. The van der Waals surface area contributed by atoms with E-state index in [1.807, 2.05) is 0 Å². The van der Waals surface area contributed by atoms with Crippen molar-refractivity contribution in [2.45, 2.75) is 25.6 Å². The van der Waals surface area contributed by atoms with Crippen molar-refractivity contribution in [2.24, 2.45) is 0 Å². The van der Waals surface area contributed by atoms with Crippen molar-refractivity contribution < 1.29 is 4.39 Å². The number of halogens is 1. The van der Waals surface area contributed by atoms with E-state index in [-0.39, 0.29) is 0 Å². The number of hydrogen-bond donors (Lipinski definition) is 0. The summed E-state index contributed by atoms with van der Waals surface area (Å²) in [6.45, 7) is 0.742. The molecule has 1 unspecified atom stereocenters. The lowest BCUT2D eigenvalue weighted by Gasteiger charge is -2.30. The minimum Gasteiger partial charge on any atom is -0.327 e. The second-order valence-corrected chi connectivity index (χ2v) is 3.14. The molecule has 0 bridgehead atoms. The highest BCUT2D eigenvalue weighted by atomic mass is 19.1. The number of piperidine rings is 1. The second-order valence-electron chi connectivity index (χ2n) is 3.14. The SMILES string of the molecule is FC1CCCCN1c1ccn[c]n1. The quantitative estimate of drug-likeness (QED) is 0.614. The van der Waals surface area contributed by atoms with E-state index >= 15 is 0 Å². The van der Waals surface area contributed by atoms with Gasteiger partial charge in [0.15, 0.2) is 12.6 Å². The van der Waals surface area contributed by atoms with Crippen LogP contribution in [-0.2, 0) is 0 Å². The number of aromatic nitrogens is 2. The van der Waals surface area contributed by atoms with Crippen LogP contribution in [0.4, 0.5) is 10.2 Å². The van der Waals surface area contributed by atoms with Gasteiger partial charge in [0.2, 0.25) is 0 Å². The number of rotatable bonds is 1. The number of nitrogens with zero attached hydrogens (tertiary/aromatic N) is 3. The predicted molar refractivity (Wildman–Crippen MR) is 47.0 cm³/mol. The van der Waals surface area contributed by atoms with Crippen LogP contribution in [0.15, 0.2) is 12.3 Å². The molecule has 2 rings (SSSR count). The first-order valence-electron chi connectivity index (χ1n) is 4.48. The van der Waals surface area contributed by atoms with Gasteiger partial charge in [0.05, 0.1) is 0 Å². The van der Waals surface area contributed by atoms with E-state index in [4.69, 9.17) is 0 Å². The summed E-state index contributed by atoms with van der Waals surface area (Å²) in [5, 5.41) is 0. The summed E-state index contributed by atoms with van der Waals surface area (Å²) in [6, 6.07) is 1.72. The Bertz CT molecular complexity index is 265.